The summed E-state index contributed by atoms with van der Waals surface area (Å²) in [5.74, 6) is 0. The molecule has 1 aromatic heterocycles. The maximum atomic E-state index is 12.8. The normalized spacial score (nSPS) is 16.1. The van der Waals surface area contributed by atoms with Crippen LogP contribution in [0.3, 0.4) is 0 Å². The SMILES string of the molecule is Cc1ccc(-c2cscc2S(F)(F)(F)(F)F)cc1. The maximum absolute atomic E-state index is 12.8. The maximum Gasteiger partial charge on any atom is 0.311 e. The van der Waals surface area contributed by atoms with E-state index in [9.17, 15) is 19.4 Å². The lowest BCUT2D eigenvalue weighted by atomic mass is 10.1. The van der Waals surface area contributed by atoms with Gasteiger partial charge in [-0.3, -0.25) is 0 Å². The Labute approximate surface area is 105 Å². The van der Waals surface area contributed by atoms with Crippen molar-refractivity contribution in [1.82, 2.24) is 0 Å². The summed E-state index contributed by atoms with van der Waals surface area (Å²) >= 11 is 0.619. The van der Waals surface area contributed by atoms with Crippen LogP contribution in [0.4, 0.5) is 19.4 Å². The molecule has 0 atom stereocenters. The number of benzene rings is 1. The second-order valence-corrected chi connectivity index (χ2v) is 7.11. The van der Waals surface area contributed by atoms with Crippen LogP contribution < -0.4 is 0 Å². The van der Waals surface area contributed by atoms with E-state index in [1.165, 1.54) is 12.1 Å². The molecule has 0 fully saturated rings. The highest BCUT2D eigenvalue weighted by atomic mass is 32.5. The zero-order valence-electron chi connectivity index (χ0n) is 9.17. The van der Waals surface area contributed by atoms with Crippen LogP contribution in [0.1, 0.15) is 5.56 Å². The van der Waals surface area contributed by atoms with Gasteiger partial charge in [-0.1, -0.05) is 49.3 Å². The van der Waals surface area contributed by atoms with Crippen LogP contribution in [-0.2, 0) is 0 Å². The minimum absolute atomic E-state index is 0.144. The summed E-state index contributed by atoms with van der Waals surface area (Å²) in [4.78, 5) is -1.80. The van der Waals surface area contributed by atoms with Crippen molar-refractivity contribution < 1.29 is 19.4 Å². The van der Waals surface area contributed by atoms with E-state index < -0.39 is 20.7 Å². The Hall–Kier alpha value is -1.08. The van der Waals surface area contributed by atoms with E-state index in [0.717, 1.165) is 10.9 Å². The van der Waals surface area contributed by atoms with Crippen LogP contribution in [0.25, 0.3) is 11.1 Å². The molecule has 0 nitrogen and oxygen atoms in total. The fourth-order valence-electron chi connectivity index (χ4n) is 1.53. The molecule has 0 aliphatic carbocycles. The zero-order valence-corrected chi connectivity index (χ0v) is 10.8. The summed E-state index contributed by atoms with van der Waals surface area (Å²) in [7, 11) is -9.62. The van der Waals surface area contributed by atoms with Crippen LogP contribution in [0.15, 0.2) is 39.9 Å². The van der Waals surface area contributed by atoms with Gasteiger partial charge in [-0.05, 0) is 12.5 Å². The number of halogens is 5. The Morgan fingerprint density at radius 1 is 0.889 bits per heavy atom. The van der Waals surface area contributed by atoms with E-state index in [2.05, 4.69) is 0 Å². The third-order valence-corrected chi connectivity index (χ3v) is 4.47. The van der Waals surface area contributed by atoms with Gasteiger partial charge in [0, 0.05) is 16.3 Å². The molecule has 0 aliphatic rings. The quantitative estimate of drug-likeness (QED) is 0.564. The van der Waals surface area contributed by atoms with Gasteiger partial charge in [-0.2, -0.15) is 11.3 Å². The molecular formula is C11H9F5S2. The van der Waals surface area contributed by atoms with Crippen LogP contribution in [0.5, 0.6) is 0 Å². The van der Waals surface area contributed by atoms with Crippen molar-refractivity contribution in [3.63, 3.8) is 0 Å². The molecule has 2 rings (SSSR count). The Balaban J connectivity index is 2.64. The first-order valence-electron chi connectivity index (χ1n) is 4.85. The molecule has 1 aromatic carbocycles. The molecule has 0 amide bonds. The molecule has 0 aliphatic heterocycles. The van der Waals surface area contributed by atoms with Gasteiger partial charge in [0.25, 0.3) is 0 Å². The van der Waals surface area contributed by atoms with Gasteiger partial charge in [-0.15, -0.1) is 0 Å². The number of hydrogen-bond donors (Lipinski definition) is 0. The zero-order chi connectivity index (χ0) is 13.7. The van der Waals surface area contributed by atoms with Crippen LogP contribution in [0.2, 0.25) is 0 Å². The van der Waals surface area contributed by atoms with E-state index in [4.69, 9.17) is 0 Å². The van der Waals surface area contributed by atoms with E-state index in [-0.39, 0.29) is 5.56 Å². The fraction of sp³-hybridized carbons (Fsp3) is 0.0909. The largest absolute Gasteiger partial charge is 0.311 e. The van der Waals surface area contributed by atoms with Gasteiger partial charge >= 0.3 is 10.2 Å². The second kappa shape index (κ2) is 3.27. The van der Waals surface area contributed by atoms with Gasteiger partial charge < -0.3 is 0 Å². The molecular weight excluding hydrogens is 291 g/mol. The summed E-state index contributed by atoms with van der Waals surface area (Å²) in [6.45, 7) is 1.77. The van der Waals surface area contributed by atoms with Crippen LogP contribution in [-0.4, -0.2) is 0 Å². The molecule has 0 saturated heterocycles. The first-order valence-corrected chi connectivity index (χ1v) is 7.74. The van der Waals surface area contributed by atoms with Crippen molar-refractivity contribution >= 4 is 21.6 Å². The Bertz CT molecular complexity index is 580. The molecule has 1 heterocycles. The average Bonchev–Trinajstić information content (AvgIpc) is 2.65. The lowest BCUT2D eigenvalue weighted by Crippen LogP contribution is -2.05. The van der Waals surface area contributed by atoms with E-state index in [1.807, 2.05) is 0 Å². The summed E-state index contributed by atoms with van der Waals surface area (Å²) in [5, 5.41) is 1.56. The third-order valence-electron chi connectivity index (χ3n) is 2.40. The highest BCUT2D eigenvalue weighted by Gasteiger charge is 2.66. The number of thiophene rings is 1. The first kappa shape index (κ1) is 13.4. The van der Waals surface area contributed by atoms with Crippen molar-refractivity contribution in [3.8, 4) is 11.1 Å². The second-order valence-electron chi connectivity index (χ2n) is 3.98. The Kier molecular flexibility index (Phi) is 2.43. The molecule has 0 radical (unpaired) electrons. The van der Waals surface area contributed by atoms with Gasteiger partial charge in [-0.25, -0.2) is 0 Å². The van der Waals surface area contributed by atoms with Crippen molar-refractivity contribution in [2.24, 2.45) is 0 Å². The molecule has 0 spiro atoms. The predicted molar refractivity (Wildman–Crippen MR) is 65.9 cm³/mol. The predicted octanol–water partition coefficient (Wildman–Crippen LogP) is 6.38. The molecule has 0 saturated carbocycles. The molecule has 7 heteroatoms. The summed E-state index contributed by atoms with van der Waals surface area (Å²) in [6.07, 6.45) is 0. The average molecular weight is 300 g/mol. The van der Waals surface area contributed by atoms with E-state index in [1.54, 1.807) is 19.1 Å². The van der Waals surface area contributed by atoms with Crippen molar-refractivity contribution in [2.45, 2.75) is 11.8 Å². The molecule has 100 valence electrons. The Morgan fingerprint density at radius 2 is 1.44 bits per heavy atom. The van der Waals surface area contributed by atoms with E-state index >= 15 is 0 Å². The van der Waals surface area contributed by atoms with Crippen molar-refractivity contribution in [2.75, 3.05) is 0 Å². The third kappa shape index (κ3) is 2.67. The highest BCUT2D eigenvalue weighted by Crippen LogP contribution is 3.03. The Morgan fingerprint density at radius 3 is 1.94 bits per heavy atom. The molecule has 0 N–H and O–H groups in total. The summed E-state index contributed by atoms with van der Waals surface area (Å²) < 4.78 is 64.1. The number of hydrogen-bond acceptors (Lipinski definition) is 1. The highest BCUT2D eigenvalue weighted by molar-refractivity contribution is 8.46. The van der Waals surface area contributed by atoms with Crippen LogP contribution >= 0.6 is 21.6 Å². The van der Waals surface area contributed by atoms with Crippen LogP contribution in [0, 0.1) is 6.92 Å². The molecule has 0 unspecified atom stereocenters. The lowest BCUT2D eigenvalue weighted by molar-refractivity contribution is 0.365. The van der Waals surface area contributed by atoms with Gasteiger partial charge in [0.2, 0.25) is 0 Å². The minimum Gasteiger partial charge on any atom is -0.150 e. The fourth-order valence-corrected chi connectivity index (χ4v) is 3.81. The first-order chi connectivity index (χ1) is 7.97. The minimum atomic E-state index is -9.62. The lowest BCUT2D eigenvalue weighted by Gasteiger charge is -2.40. The summed E-state index contributed by atoms with van der Waals surface area (Å²) in [6, 6.07) is 5.99. The molecule has 18 heavy (non-hydrogen) atoms. The molecule has 2 aromatic rings. The van der Waals surface area contributed by atoms with Gasteiger partial charge in [0.1, 0.15) is 4.90 Å². The van der Waals surface area contributed by atoms with E-state index in [0.29, 0.717) is 16.7 Å². The van der Waals surface area contributed by atoms with Gasteiger partial charge in [0.05, 0.1) is 0 Å². The summed E-state index contributed by atoms with van der Waals surface area (Å²) in [5.41, 5.74) is 0.534. The topological polar surface area (TPSA) is 0 Å². The molecule has 0 bridgehead atoms. The number of aryl methyl sites for hydroxylation is 1. The number of rotatable bonds is 2. The monoisotopic (exact) mass is 300 g/mol. The van der Waals surface area contributed by atoms with Gasteiger partial charge in [0.15, 0.2) is 0 Å². The smallest absolute Gasteiger partial charge is 0.150 e. The standard InChI is InChI=1S/C11H9F5S2/c1-8-2-4-9(5-3-8)10-6-17-7-11(10)18(12,13,14,15)16/h2-7H,1H3. The van der Waals surface area contributed by atoms with Crippen molar-refractivity contribution in [1.29, 1.82) is 0 Å². The van der Waals surface area contributed by atoms with Crippen molar-refractivity contribution in [3.05, 3.63) is 40.6 Å².